The Balaban J connectivity index is 1.43. The average molecular weight is 429 g/mol. The van der Waals surface area contributed by atoms with E-state index in [1.165, 1.54) is 0 Å². The van der Waals surface area contributed by atoms with Gasteiger partial charge in [-0.2, -0.15) is 0 Å². The van der Waals surface area contributed by atoms with Crippen LogP contribution in [0.15, 0.2) is 24.3 Å². The third kappa shape index (κ3) is 4.07. The Morgan fingerprint density at radius 3 is 2.43 bits per heavy atom. The van der Waals surface area contributed by atoms with E-state index in [1.54, 1.807) is 18.7 Å². The van der Waals surface area contributed by atoms with E-state index in [-0.39, 0.29) is 11.9 Å². The first-order chi connectivity index (χ1) is 14.3. The molecule has 7 nitrogen and oxygen atoms in total. The number of amides is 2. The molecule has 1 saturated heterocycles. The molecule has 4 rings (SSSR count). The molecule has 2 heterocycles. The van der Waals surface area contributed by atoms with Crippen LogP contribution in [0.2, 0.25) is 5.02 Å². The predicted octanol–water partition coefficient (Wildman–Crippen LogP) is 2.71. The van der Waals surface area contributed by atoms with Crippen molar-refractivity contribution in [2.75, 3.05) is 31.1 Å². The number of anilines is 1. The van der Waals surface area contributed by atoms with Gasteiger partial charge in [-0.25, -0.2) is 0 Å². The third-order valence-electron chi connectivity index (χ3n) is 5.74. The number of aromatic amines is 1. The van der Waals surface area contributed by atoms with Gasteiger partial charge in [0.1, 0.15) is 5.69 Å². The van der Waals surface area contributed by atoms with Gasteiger partial charge in [-0.05, 0) is 50.5 Å². The zero-order chi connectivity index (χ0) is 21.4. The Kier molecular flexibility index (Phi) is 5.56. The van der Waals surface area contributed by atoms with Gasteiger partial charge >= 0.3 is 0 Å². The zero-order valence-electron chi connectivity index (χ0n) is 17.1. The fraction of sp³-hybridized carbons (Fsp3) is 0.409. The maximum Gasteiger partial charge on any atom is 0.295 e. The van der Waals surface area contributed by atoms with Crippen LogP contribution in [0.4, 0.5) is 5.69 Å². The number of benzene rings is 1. The topological polar surface area (TPSA) is 85.5 Å². The second kappa shape index (κ2) is 8.14. The number of piperazine rings is 1. The Hall–Kier alpha value is -2.80. The standard InChI is InChI=1S/C22H25ClN4O3/c1-13-18(14(2)24-19(13)21(29)25-16-6-7-16)20(28)22(30)27-10-8-26(9-11-27)17-5-3-4-15(23)12-17/h3-5,12,16,24H,6-11H2,1-2H3,(H,25,29). The van der Waals surface area contributed by atoms with E-state index in [0.717, 1.165) is 18.5 Å². The van der Waals surface area contributed by atoms with Crippen molar-refractivity contribution in [3.63, 3.8) is 0 Å². The fourth-order valence-electron chi connectivity index (χ4n) is 3.89. The van der Waals surface area contributed by atoms with Crippen LogP contribution in [-0.4, -0.2) is 59.7 Å². The monoisotopic (exact) mass is 428 g/mol. The summed E-state index contributed by atoms with van der Waals surface area (Å²) >= 11 is 6.07. The van der Waals surface area contributed by atoms with Crippen LogP contribution in [0, 0.1) is 13.8 Å². The SMILES string of the molecule is Cc1[nH]c(C(=O)NC2CC2)c(C)c1C(=O)C(=O)N1CCN(c2cccc(Cl)c2)CC1. The van der Waals surface area contributed by atoms with Crippen LogP contribution >= 0.6 is 11.6 Å². The molecule has 1 aromatic heterocycles. The molecule has 0 bridgehead atoms. The second-order valence-corrected chi connectivity index (χ2v) is 8.40. The minimum atomic E-state index is -0.567. The van der Waals surface area contributed by atoms with E-state index < -0.39 is 11.7 Å². The number of hydrogen-bond donors (Lipinski definition) is 2. The largest absolute Gasteiger partial charge is 0.368 e. The Morgan fingerprint density at radius 1 is 1.10 bits per heavy atom. The van der Waals surface area contributed by atoms with Crippen molar-refractivity contribution < 1.29 is 14.4 Å². The Labute approximate surface area is 180 Å². The zero-order valence-corrected chi connectivity index (χ0v) is 17.9. The number of halogens is 1. The number of hydrogen-bond acceptors (Lipinski definition) is 4. The number of carbonyl (C=O) groups excluding carboxylic acids is 3. The second-order valence-electron chi connectivity index (χ2n) is 7.96. The van der Waals surface area contributed by atoms with Gasteiger partial charge in [-0.3, -0.25) is 14.4 Å². The van der Waals surface area contributed by atoms with Crippen molar-refractivity contribution in [3.05, 3.63) is 51.8 Å². The predicted molar refractivity (Wildman–Crippen MR) is 115 cm³/mol. The van der Waals surface area contributed by atoms with Crippen LogP contribution in [0.3, 0.4) is 0 Å². The van der Waals surface area contributed by atoms with Gasteiger partial charge < -0.3 is 20.1 Å². The molecule has 30 heavy (non-hydrogen) atoms. The number of aryl methyl sites for hydroxylation is 1. The van der Waals surface area contributed by atoms with E-state index in [4.69, 9.17) is 11.6 Å². The summed E-state index contributed by atoms with van der Waals surface area (Å²) in [5.41, 5.74) is 2.75. The van der Waals surface area contributed by atoms with Crippen LogP contribution in [-0.2, 0) is 4.79 Å². The molecule has 1 saturated carbocycles. The summed E-state index contributed by atoms with van der Waals surface area (Å²) in [6, 6.07) is 7.81. The summed E-state index contributed by atoms with van der Waals surface area (Å²) in [5.74, 6) is -1.32. The molecule has 0 atom stereocenters. The van der Waals surface area contributed by atoms with Gasteiger partial charge in [0.25, 0.3) is 17.6 Å². The van der Waals surface area contributed by atoms with Gasteiger partial charge in [-0.1, -0.05) is 17.7 Å². The molecule has 158 valence electrons. The molecule has 0 spiro atoms. The minimum Gasteiger partial charge on any atom is -0.368 e. The van der Waals surface area contributed by atoms with Crippen LogP contribution in [0.25, 0.3) is 0 Å². The van der Waals surface area contributed by atoms with E-state index in [2.05, 4.69) is 15.2 Å². The van der Waals surface area contributed by atoms with Crippen molar-refractivity contribution in [1.29, 1.82) is 0 Å². The first-order valence-electron chi connectivity index (χ1n) is 10.2. The molecule has 8 heteroatoms. The number of nitrogens with zero attached hydrogens (tertiary/aromatic N) is 2. The van der Waals surface area contributed by atoms with Crippen molar-refractivity contribution in [1.82, 2.24) is 15.2 Å². The first kappa shape index (κ1) is 20.5. The summed E-state index contributed by atoms with van der Waals surface area (Å²) < 4.78 is 0. The quantitative estimate of drug-likeness (QED) is 0.566. The number of Topliss-reactive ketones (excluding diaryl/α,β-unsaturated/α-hetero) is 1. The number of aromatic nitrogens is 1. The fourth-order valence-corrected chi connectivity index (χ4v) is 4.08. The lowest BCUT2D eigenvalue weighted by atomic mass is 10.0. The lowest BCUT2D eigenvalue weighted by Gasteiger charge is -2.35. The molecule has 2 fully saturated rings. The van der Waals surface area contributed by atoms with Crippen molar-refractivity contribution >= 4 is 34.9 Å². The van der Waals surface area contributed by atoms with Gasteiger partial charge in [-0.15, -0.1) is 0 Å². The van der Waals surface area contributed by atoms with Gasteiger partial charge in [0.2, 0.25) is 0 Å². The lowest BCUT2D eigenvalue weighted by Crippen LogP contribution is -2.50. The maximum atomic E-state index is 13.0. The van der Waals surface area contributed by atoms with E-state index >= 15 is 0 Å². The normalized spacial score (nSPS) is 16.5. The molecular formula is C22H25ClN4O3. The molecule has 1 aromatic carbocycles. The van der Waals surface area contributed by atoms with Crippen LogP contribution < -0.4 is 10.2 Å². The molecule has 2 amide bonds. The molecule has 2 aromatic rings. The van der Waals surface area contributed by atoms with Crippen LogP contribution in [0.1, 0.15) is 44.9 Å². The van der Waals surface area contributed by atoms with Crippen molar-refractivity contribution in [3.8, 4) is 0 Å². The molecule has 2 N–H and O–H groups in total. The summed E-state index contributed by atoms with van der Waals surface area (Å²) in [7, 11) is 0. The average Bonchev–Trinajstić information content (AvgIpc) is 3.50. The highest BCUT2D eigenvalue weighted by Crippen LogP contribution is 2.24. The van der Waals surface area contributed by atoms with Crippen molar-refractivity contribution in [2.24, 2.45) is 0 Å². The molecular weight excluding hydrogens is 404 g/mol. The highest BCUT2D eigenvalue weighted by Gasteiger charge is 2.32. The molecule has 1 aliphatic carbocycles. The Morgan fingerprint density at radius 2 is 1.80 bits per heavy atom. The smallest absolute Gasteiger partial charge is 0.295 e. The molecule has 0 radical (unpaired) electrons. The molecule has 0 unspecified atom stereocenters. The number of H-pyrrole nitrogens is 1. The van der Waals surface area contributed by atoms with E-state index in [1.807, 2.05) is 24.3 Å². The number of carbonyl (C=O) groups is 3. The van der Waals surface area contributed by atoms with E-state index in [0.29, 0.717) is 53.7 Å². The highest BCUT2D eigenvalue weighted by molar-refractivity contribution is 6.43. The van der Waals surface area contributed by atoms with Crippen molar-refractivity contribution in [2.45, 2.75) is 32.7 Å². The third-order valence-corrected chi connectivity index (χ3v) is 5.97. The Bertz CT molecular complexity index is 1000. The maximum absolute atomic E-state index is 13.0. The minimum absolute atomic E-state index is 0.220. The van der Waals surface area contributed by atoms with Crippen LogP contribution in [0.5, 0.6) is 0 Å². The first-order valence-corrected chi connectivity index (χ1v) is 10.6. The van der Waals surface area contributed by atoms with Gasteiger partial charge in [0, 0.05) is 48.6 Å². The molecule has 1 aliphatic heterocycles. The highest BCUT2D eigenvalue weighted by atomic mass is 35.5. The summed E-state index contributed by atoms with van der Waals surface area (Å²) in [5, 5.41) is 3.58. The van der Waals surface area contributed by atoms with Gasteiger partial charge in [0.05, 0.1) is 5.56 Å². The number of rotatable bonds is 5. The summed E-state index contributed by atoms with van der Waals surface area (Å²) in [6.07, 6.45) is 1.96. The van der Waals surface area contributed by atoms with Gasteiger partial charge in [0.15, 0.2) is 0 Å². The number of nitrogens with one attached hydrogen (secondary N) is 2. The lowest BCUT2D eigenvalue weighted by molar-refractivity contribution is -0.126. The van der Waals surface area contributed by atoms with E-state index in [9.17, 15) is 14.4 Å². The summed E-state index contributed by atoms with van der Waals surface area (Å²) in [4.78, 5) is 45.0. The summed E-state index contributed by atoms with van der Waals surface area (Å²) in [6.45, 7) is 5.59. The molecule has 2 aliphatic rings. The number of ketones is 1.